The molecule has 1 aliphatic carbocycles. The molecular formula is C16H30NO2+. The predicted octanol–water partition coefficient (Wildman–Crippen LogP) is 0.912. The second-order valence-electron chi connectivity index (χ2n) is 7.05. The summed E-state index contributed by atoms with van der Waals surface area (Å²) in [6, 6.07) is 0.465. The van der Waals surface area contributed by atoms with Crippen LogP contribution in [-0.4, -0.2) is 41.0 Å². The maximum Gasteiger partial charge on any atom is 0.0963 e. The van der Waals surface area contributed by atoms with E-state index in [0.29, 0.717) is 6.04 Å². The normalized spacial score (nSPS) is 43.5. The summed E-state index contributed by atoms with van der Waals surface area (Å²) < 4.78 is 0. The van der Waals surface area contributed by atoms with E-state index in [2.05, 4.69) is 20.9 Å². The zero-order valence-electron chi connectivity index (χ0n) is 12.7. The molecule has 2 aliphatic rings. The maximum atomic E-state index is 10.9. The third-order valence-corrected chi connectivity index (χ3v) is 5.36. The molecule has 3 N–H and O–H groups in total. The van der Waals surface area contributed by atoms with E-state index >= 15 is 0 Å². The van der Waals surface area contributed by atoms with Gasteiger partial charge in [-0.1, -0.05) is 38.3 Å². The van der Waals surface area contributed by atoms with Crippen molar-refractivity contribution in [3.05, 3.63) is 12.2 Å². The Balaban J connectivity index is 2.07. The number of piperidine rings is 1. The molecule has 1 saturated heterocycles. The van der Waals surface area contributed by atoms with E-state index in [4.69, 9.17) is 0 Å². The summed E-state index contributed by atoms with van der Waals surface area (Å²) in [5.74, 6) is 0.243. The minimum atomic E-state index is -0.744. The van der Waals surface area contributed by atoms with Crippen molar-refractivity contribution in [2.24, 2.45) is 5.92 Å². The lowest BCUT2D eigenvalue weighted by Crippen LogP contribution is -3.15. The fraction of sp³-hybridized carbons (Fsp3) is 0.875. The van der Waals surface area contributed by atoms with Crippen LogP contribution in [0.15, 0.2) is 12.2 Å². The van der Waals surface area contributed by atoms with Gasteiger partial charge in [-0.25, -0.2) is 0 Å². The first kappa shape index (κ1) is 15.0. The third kappa shape index (κ3) is 3.39. The van der Waals surface area contributed by atoms with Gasteiger partial charge < -0.3 is 15.1 Å². The monoisotopic (exact) mass is 268 g/mol. The van der Waals surface area contributed by atoms with Crippen LogP contribution >= 0.6 is 0 Å². The van der Waals surface area contributed by atoms with Crippen molar-refractivity contribution in [3.63, 3.8) is 0 Å². The minimum Gasteiger partial charge on any atom is -0.386 e. The molecule has 19 heavy (non-hydrogen) atoms. The lowest BCUT2D eigenvalue weighted by Gasteiger charge is -2.42. The Kier molecular flexibility index (Phi) is 4.38. The third-order valence-electron chi connectivity index (χ3n) is 5.36. The molecule has 2 rings (SSSR count). The molecule has 3 nitrogen and oxygen atoms in total. The van der Waals surface area contributed by atoms with Gasteiger partial charge in [0.05, 0.1) is 30.8 Å². The van der Waals surface area contributed by atoms with Gasteiger partial charge in [-0.15, -0.1) is 0 Å². The summed E-state index contributed by atoms with van der Waals surface area (Å²) in [6.07, 6.45) is 9.69. The van der Waals surface area contributed by atoms with Crippen LogP contribution in [0.1, 0.15) is 52.4 Å². The number of quaternary nitrogens is 1. The lowest BCUT2D eigenvalue weighted by atomic mass is 9.77. The average molecular weight is 268 g/mol. The number of hydrogen-bond donors (Lipinski definition) is 3. The molecule has 0 aromatic rings. The van der Waals surface area contributed by atoms with E-state index in [0.717, 1.165) is 38.6 Å². The molecule has 0 aromatic carbocycles. The van der Waals surface area contributed by atoms with E-state index in [1.807, 2.05) is 12.2 Å². The van der Waals surface area contributed by atoms with Crippen LogP contribution in [-0.2, 0) is 0 Å². The summed E-state index contributed by atoms with van der Waals surface area (Å²) in [4.78, 5) is 1.49. The largest absolute Gasteiger partial charge is 0.386 e. The number of rotatable bonds is 2. The molecule has 1 unspecified atom stereocenters. The topological polar surface area (TPSA) is 44.9 Å². The molecular weight excluding hydrogens is 238 g/mol. The van der Waals surface area contributed by atoms with Crippen LogP contribution in [0.2, 0.25) is 0 Å². The molecule has 0 amide bonds. The molecule has 110 valence electrons. The van der Waals surface area contributed by atoms with Crippen LogP contribution in [0.4, 0.5) is 0 Å². The number of hydrogen-bond acceptors (Lipinski definition) is 2. The molecule has 1 saturated carbocycles. The van der Waals surface area contributed by atoms with Gasteiger partial charge >= 0.3 is 0 Å². The predicted molar refractivity (Wildman–Crippen MR) is 77.1 cm³/mol. The highest BCUT2D eigenvalue weighted by atomic mass is 16.3. The zero-order chi connectivity index (χ0) is 14.1. The zero-order valence-corrected chi connectivity index (χ0v) is 12.7. The van der Waals surface area contributed by atoms with Gasteiger partial charge in [0.15, 0.2) is 0 Å². The van der Waals surface area contributed by atoms with Crippen LogP contribution in [0.5, 0.6) is 0 Å². The van der Waals surface area contributed by atoms with E-state index in [1.54, 1.807) is 0 Å². The standard InChI is InChI=1S/C16H29NO2/c1-13-12-17(3)14(2)11-16(13,19)10-9-15(18)7-5-4-6-8-15/h9-10,13-14,18-19H,4-8,11-12H2,1-3H3/p+1/b10-9+/t13-,14+,16+/m1/s1. The second kappa shape index (κ2) is 5.55. The number of likely N-dealkylation sites (tertiary alicyclic amines) is 1. The van der Waals surface area contributed by atoms with E-state index < -0.39 is 11.2 Å². The molecule has 4 atom stereocenters. The Morgan fingerprint density at radius 1 is 1.05 bits per heavy atom. The van der Waals surface area contributed by atoms with Crippen molar-refractivity contribution in [3.8, 4) is 0 Å². The Bertz CT molecular complexity index is 336. The molecule has 0 spiro atoms. The number of nitrogens with one attached hydrogen (secondary N) is 1. The van der Waals surface area contributed by atoms with Crippen molar-refractivity contribution in [1.29, 1.82) is 0 Å². The van der Waals surface area contributed by atoms with Gasteiger partial charge in [-0.3, -0.25) is 0 Å². The minimum absolute atomic E-state index is 0.243. The maximum absolute atomic E-state index is 10.9. The van der Waals surface area contributed by atoms with E-state index in [-0.39, 0.29) is 5.92 Å². The highest BCUT2D eigenvalue weighted by molar-refractivity contribution is 5.12. The van der Waals surface area contributed by atoms with Crippen LogP contribution in [0.25, 0.3) is 0 Å². The fourth-order valence-electron chi connectivity index (χ4n) is 3.59. The van der Waals surface area contributed by atoms with Gasteiger partial charge in [0.1, 0.15) is 0 Å². The summed E-state index contributed by atoms with van der Waals surface area (Å²) >= 11 is 0. The van der Waals surface area contributed by atoms with Gasteiger partial charge in [0, 0.05) is 12.3 Å². The molecule has 3 heteroatoms. The van der Waals surface area contributed by atoms with Crippen molar-refractivity contribution in [2.45, 2.75) is 69.6 Å². The Morgan fingerprint density at radius 2 is 1.68 bits per heavy atom. The second-order valence-corrected chi connectivity index (χ2v) is 7.05. The first-order valence-corrected chi connectivity index (χ1v) is 7.82. The van der Waals surface area contributed by atoms with Gasteiger partial charge in [0.2, 0.25) is 0 Å². The summed E-state index contributed by atoms with van der Waals surface area (Å²) in [7, 11) is 2.19. The van der Waals surface area contributed by atoms with Crippen molar-refractivity contribution >= 4 is 0 Å². The van der Waals surface area contributed by atoms with E-state index in [1.165, 1.54) is 11.3 Å². The van der Waals surface area contributed by atoms with Crippen LogP contribution < -0.4 is 4.90 Å². The fourth-order valence-corrected chi connectivity index (χ4v) is 3.59. The van der Waals surface area contributed by atoms with Gasteiger partial charge in [-0.2, -0.15) is 0 Å². The summed E-state index contributed by atoms with van der Waals surface area (Å²) in [5.41, 5.74) is -1.42. The van der Waals surface area contributed by atoms with Crippen molar-refractivity contribution in [2.75, 3.05) is 13.6 Å². The SMILES string of the molecule is C[C@@H]1C[NH+](C)[C@@H](C)C[C@@]1(O)/C=C/C1(O)CCCCC1. The quantitative estimate of drug-likeness (QED) is 0.652. The average Bonchev–Trinajstić information content (AvgIpc) is 2.36. The van der Waals surface area contributed by atoms with E-state index in [9.17, 15) is 10.2 Å². The molecule has 1 aliphatic heterocycles. The molecule has 0 radical (unpaired) electrons. The number of aliphatic hydroxyl groups is 2. The van der Waals surface area contributed by atoms with Gasteiger partial charge in [0.25, 0.3) is 0 Å². The first-order valence-electron chi connectivity index (χ1n) is 7.82. The van der Waals surface area contributed by atoms with Crippen molar-refractivity contribution < 1.29 is 15.1 Å². The highest BCUT2D eigenvalue weighted by Gasteiger charge is 2.42. The van der Waals surface area contributed by atoms with Crippen molar-refractivity contribution in [1.82, 2.24) is 0 Å². The Morgan fingerprint density at radius 3 is 2.32 bits per heavy atom. The molecule has 2 fully saturated rings. The summed E-state index contributed by atoms with van der Waals surface area (Å²) in [5, 5.41) is 21.4. The Labute approximate surface area is 117 Å². The smallest absolute Gasteiger partial charge is 0.0963 e. The highest BCUT2D eigenvalue weighted by Crippen LogP contribution is 2.32. The first-order chi connectivity index (χ1) is 8.85. The Hall–Kier alpha value is -0.380. The van der Waals surface area contributed by atoms with Crippen LogP contribution in [0.3, 0.4) is 0 Å². The molecule has 0 bridgehead atoms. The van der Waals surface area contributed by atoms with Gasteiger partial charge in [-0.05, 0) is 19.8 Å². The molecule has 0 aromatic heterocycles. The molecule has 1 heterocycles. The van der Waals surface area contributed by atoms with Crippen LogP contribution in [0, 0.1) is 5.92 Å². The lowest BCUT2D eigenvalue weighted by molar-refractivity contribution is -0.915. The summed E-state index contributed by atoms with van der Waals surface area (Å²) in [6.45, 7) is 5.29.